The smallest absolute Gasteiger partial charge is 0.246 e. The zero-order valence-corrected chi connectivity index (χ0v) is 13.0. The molecule has 0 unspecified atom stereocenters. The number of benzene rings is 1. The van der Waals surface area contributed by atoms with Gasteiger partial charge in [0.05, 0.1) is 7.11 Å². The molecule has 9 heteroatoms. The third kappa shape index (κ3) is 2.64. The normalized spacial score (nSPS) is 16.7. The first-order chi connectivity index (χ1) is 10.6. The molecule has 0 saturated carbocycles. The maximum absolute atomic E-state index is 12.8. The number of hydrogen-bond donors (Lipinski definition) is 1. The summed E-state index contributed by atoms with van der Waals surface area (Å²) in [5.74, 6) is 1.02. The number of rotatable bonds is 4. The Bertz CT molecular complexity index is 724. The maximum atomic E-state index is 12.8. The van der Waals surface area contributed by atoms with E-state index in [1.807, 2.05) is 4.90 Å². The fraction of sp³-hybridized carbons (Fsp3) is 0.385. The van der Waals surface area contributed by atoms with Gasteiger partial charge in [-0.25, -0.2) is 13.5 Å². The lowest BCUT2D eigenvalue weighted by Crippen LogP contribution is -2.49. The van der Waals surface area contributed by atoms with Crippen molar-refractivity contribution in [3.05, 3.63) is 30.6 Å². The summed E-state index contributed by atoms with van der Waals surface area (Å²) >= 11 is 0. The van der Waals surface area contributed by atoms with Gasteiger partial charge in [-0.15, -0.1) is 0 Å². The summed E-state index contributed by atoms with van der Waals surface area (Å²) in [6, 6.07) is 6.66. The topological polar surface area (TPSA) is 91.4 Å². The van der Waals surface area contributed by atoms with E-state index in [0.717, 1.165) is 0 Å². The van der Waals surface area contributed by atoms with Gasteiger partial charge in [-0.1, -0.05) is 12.1 Å². The molecule has 1 aliphatic rings. The minimum absolute atomic E-state index is 0.200. The number of H-pyrrole nitrogens is 1. The number of piperazine rings is 1. The van der Waals surface area contributed by atoms with Crippen LogP contribution in [0.25, 0.3) is 0 Å². The second-order valence-corrected chi connectivity index (χ2v) is 6.76. The summed E-state index contributed by atoms with van der Waals surface area (Å²) in [7, 11) is -2.09. The number of ether oxygens (including phenoxy) is 1. The predicted molar refractivity (Wildman–Crippen MR) is 80.3 cm³/mol. The van der Waals surface area contributed by atoms with Crippen molar-refractivity contribution in [1.29, 1.82) is 0 Å². The van der Waals surface area contributed by atoms with Gasteiger partial charge in [0.1, 0.15) is 17.0 Å². The molecule has 2 heterocycles. The molecule has 0 bridgehead atoms. The summed E-state index contributed by atoms with van der Waals surface area (Å²) in [6.45, 7) is 1.90. The van der Waals surface area contributed by atoms with Crippen LogP contribution >= 0.6 is 0 Å². The SMILES string of the molecule is COc1ccccc1S(=O)(=O)N1CCN(c2ncn[nH]2)CC1. The molecular formula is C13H17N5O3S. The molecule has 0 spiro atoms. The molecule has 22 heavy (non-hydrogen) atoms. The largest absolute Gasteiger partial charge is 0.495 e. The highest BCUT2D eigenvalue weighted by atomic mass is 32.2. The van der Waals surface area contributed by atoms with Crippen LogP contribution in [-0.4, -0.2) is 61.2 Å². The second-order valence-electron chi connectivity index (χ2n) is 4.85. The van der Waals surface area contributed by atoms with Gasteiger partial charge < -0.3 is 9.64 Å². The minimum atomic E-state index is -3.56. The van der Waals surface area contributed by atoms with Crippen LogP contribution in [0.2, 0.25) is 0 Å². The number of methoxy groups -OCH3 is 1. The molecular weight excluding hydrogens is 306 g/mol. The number of aromatic amines is 1. The Labute approximate surface area is 128 Å². The fourth-order valence-electron chi connectivity index (χ4n) is 2.46. The molecule has 1 aromatic carbocycles. The standard InChI is InChI=1S/C13H17N5O3S/c1-21-11-4-2-3-5-12(11)22(19,20)18-8-6-17(7-9-18)13-14-10-15-16-13/h2-5,10H,6-9H2,1H3,(H,14,15,16). The third-order valence-corrected chi connectivity index (χ3v) is 5.57. The van der Waals surface area contributed by atoms with E-state index in [4.69, 9.17) is 4.74 Å². The van der Waals surface area contributed by atoms with Gasteiger partial charge in [0.15, 0.2) is 0 Å². The molecule has 118 valence electrons. The summed E-state index contributed by atoms with van der Waals surface area (Å²) in [5.41, 5.74) is 0. The number of hydrogen-bond acceptors (Lipinski definition) is 6. The van der Waals surface area contributed by atoms with E-state index in [9.17, 15) is 8.42 Å². The Morgan fingerprint density at radius 2 is 1.91 bits per heavy atom. The Morgan fingerprint density at radius 3 is 2.55 bits per heavy atom. The molecule has 2 aromatic rings. The molecule has 8 nitrogen and oxygen atoms in total. The predicted octanol–water partition coefficient (Wildman–Crippen LogP) is 0.324. The first-order valence-electron chi connectivity index (χ1n) is 6.86. The van der Waals surface area contributed by atoms with Crippen molar-refractivity contribution in [2.75, 3.05) is 38.2 Å². The lowest BCUT2D eigenvalue weighted by molar-refractivity contribution is 0.373. The van der Waals surface area contributed by atoms with E-state index in [1.54, 1.807) is 24.3 Å². The molecule has 1 saturated heterocycles. The van der Waals surface area contributed by atoms with Crippen molar-refractivity contribution >= 4 is 16.0 Å². The van der Waals surface area contributed by atoms with Crippen LogP contribution in [-0.2, 0) is 10.0 Å². The highest BCUT2D eigenvalue weighted by Crippen LogP contribution is 2.27. The summed E-state index contributed by atoms with van der Waals surface area (Å²) < 4.78 is 32.1. The van der Waals surface area contributed by atoms with Gasteiger partial charge in [0.25, 0.3) is 0 Å². The van der Waals surface area contributed by atoms with Crippen LogP contribution in [0.15, 0.2) is 35.5 Å². The first-order valence-corrected chi connectivity index (χ1v) is 8.30. The average molecular weight is 323 g/mol. The lowest BCUT2D eigenvalue weighted by atomic mass is 10.3. The number of aromatic nitrogens is 3. The summed E-state index contributed by atoms with van der Waals surface area (Å²) in [5, 5.41) is 6.60. The van der Waals surface area contributed by atoms with E-state index in [-0.39, 0.29) is 4.90 Å². The fourth-order valence-corrected chi connectivity index (χ4v) is 4.04. The van der Waals surface area contributed by atoms with Crippen molar-refractivity contribution < 1.29 is 13.2 Å². The molecule has 1 fully saturated rings. The van der Waals surface area contributed by atoms with Gasteiger partial charge in [-0.3, -0.25) is 0 Å². The number of nitrogens with one attached hydrogen (secondary N) is 1. The minimum Gasteiger partial charge on any atom is -0.495 e. The quantitative estimate of drug-likeness (QED) is 0.871. The summed E-state index contributed by atoms with van der Waals surface area (Å²) in [6.07, 6.45) is 1.44. The molecule has 1 aliphatic heterocycles. The van der Waals surface area contributed by atoms with Crippen molar-refractivity contribution in [2.24, 2.45) is 0 Å². The molecule has 0 amide bonds. The molecule has 0 atom stereocenters. The number of para-hydroxylation sites is 1. The highest BCUT2D eigenvalue weighted by Gasteiger charge is 2.31. The number of sulfonamides is 1. The Hall–Kier alpha value is -2.13. The van der Waals surface area contributed by atoms with E-state index < -0.39 is 10.0 Å². The monoisotopic (exact) mass is 323 g/mol. The van der Waals surface area contributed by atoms with Crippen molar-refractivity contribution in [3.8, 4) is 5.75 Å². The van der Waals surface area contributed by atoms with E-state index >= 15 is 0 Å². The highest BCUT2D eigenvalue weighted by molar-refractivity contribution is 7.89. The lowest BCUT2D eigenvalue weighted by Gasteiger charge is -2.33. The average Bonchev–Trinajstić information content (AvgIpc) is 3.09. The number of anilines is 1. The molecule has 1 N–H and O–H groups in total. The maximum Gasteiger partial charge on any atom is 0.246 e. The van der Waals surface area contributed by atoms with E-state index in [0.29, 0.717) is 37.9 Å². The van der Waals surface area contributed by atoms with Gasteiger partial charge in [-0.2, -0.15) is 14.4 Å². The zero-order valence-electron chi connectivity index (χ0n) is 12.1. The van der Waals surface area contributed by atoms with Crippen molar-refractivity contribution in [1.82, 2.24) is 19.5 Å². The first kappa shape index (κ1) is 14.8. The van der Waals surface area contributed by atoms with E-state index in [2.05, 4.69) is 15.2 Å². The molecule has 0 radical (unpaired) electrons. The second kappa shape index (κ2) is 5.93. The Morgan fingerprint density at radius 1 is 1.18 bits per heavy atom. The van der Waals surface area contributed by atoms with Crippen LogP contribution in [0.3, 0.4) is 0 Å². The summed E-state index contributed by atoms with van der Waals surface area (Å²) in [4.78, 5) is 6.26. The van der Waals surface area contributed by atoms with Crippen LogP contribution in [0.1, 0.15) is 0 Å². The third-order valence-electron chi connectivity index (χ3n) is 3.63. The van der Waals surface area contributed by atoms with Gasteiger partial charge in [0, 0.05) is 26.2 Å². The Balaban J connectivity index is 1.77. The Kier molecular flexibility index (Phi) is 3.99. The van der Waals surface area contributed by atoms with Crippen LogP contribution in [0, 0.1) is 0 Å². The van der Waals surface area contributed by atoms with Crippen molar-refractivity contribution in [3.63, 3.8) is 0 Å². The van der Waals surface area contributed by atoms with E-state index in [1.165, 1.54) is 17.7 Å². The van der Waals surface area contributed by atoms with Gasteiger partial charge >= 0.3 is 0 Å². The van der Waals surface area contributed by atoms with Gasteiger partial charge in [0.2, 0.25) is 16.0 Å². The van der Waals surface area contributed by atoms with Crippen molar-refractivity contribution in [2.45, 2.75) is 4.90 Å². The van der Waals surface area contributed by atoms with Crippen LogP contribution in [0.4, 0.5) is 5.95 Å². The van der Waals surface area contributed by atoms with Gasteiger partial charge in [-0.05, 0) is 12.1 Å². The van der Waals surface area contributed by atoms with Crippen LogP contribution < -0.4 is 9.64 Å². The zero-order chi connectivity index (χ0) is 15.6. The molecule has 1 aromatic heterocycles. The molecule has 0 aliphatic carbocycles. The number of nitrogens with zero attached hydrogens (tertiary/aromatic N) is 4. The van der Waals surface area contributed by atoms with Crippen LogP contribution in [0.5, 0.6) is 5.75 Å². The molecule has 3 rings (SSSR count).